The molecule has 12 rings (SSSR count). The molecule has 0 aliphatic heterocycles. The number of rotatable bonds is 9. The van der Waals surface area contributed by atoms with E-state index in [9.17, 15) is 0 Å². The molecule has 0 amide bonds. The molecule has 1 heteroatoms. The van der Waals surface area contributed by atoms with Gasteiger partial charge in [0.25, 0.3) is 0 Å². The number of benzene rings is 7. The van der Waals surface area contributed by atoms with Crippen molar-refractivity contribution in [3.63, 3.8) is 0 Å². The summed E-state index contributed by atoms with van der Waals surface area (Å²) in [7, 11) is 0. The molecule has 0 fully saturated rings. The Bertz CT molecular complexity index is 3210. The van der Waals surface area contributed by atoms with Crippen molar-refractivity contribution < 1.29 is 0 Å². The summed E-state index contributed by atoms with van der Waals surface area (Å²) in [5, 5.41) is 2.58. The fourth-order valence-electron chi connectivity index (χ4n) is 12.0. The van der Waals surface area contributed by atoms with Crippen molar-refractivity contribution in [3.05, 3.63) is 271 Å². The molecule has 66 heavy (non-hydrogen) atoms. The molecule has 0 N–H and O–H groups in total. The first-order valence-electron chi connectivity index (χ1n) is 24.0. The van der Waals surface area contributed by atoms with Crippen LogP contribution >= 0.6 is 0 Å². The molecule has 0 aromatic heterocycles. The molecule has 0 heterocycles. The average Bonchev–Trinajstić information content (AvgIpc) is 3.70. The third kappa shape index (κ3) is 6.93. The van der Waals surface area contributed by atoms with E-state index < -0.39 is 0 Å². The summed E-state index contributed by atoms with van der Waals surface area (Å²) in [6.45, 7) is 0. The Labute approximate surface area is 390 Å². The smallest absolute Gasteiger partial charge is 0.0464 e. The lowest BCUT2D eigenvalue weighted by atomic mass is 9.57. The Morgan fingerprint density at radius 3 is 1.89 bits per heavy atom. The molecule has 5 aliphatic carbocycles. The van der Waals surface area contributed by atoms with Gasteiger partial charge in [-0.05, 0) is 146 Å². The Balaban J connectivity index is 0.998. The number of anilines is 3. The zero-order valence-electron chi connectivity index (χ0n) is 37.3. The van der Waals surface area contributed by atoms with Crippen molar-refractivity contribution >= 4 is 39.0 Å². The molecular weight excluding hydrogens is 795 g/mol. The van der Waals surface area contributed by atoms with Gasteiger partial charge in [-0.25, -0.2) is 0 Å². The Morgan fingerprint density at radius 1 is 0.500 bits per heavy atom. The summed E-state index contributed by atoms with van der Waals surface area (Å²) in [5.41, 5.74) is 18.0. The lowest BCUT2D eigenvalue weighted by molar-refractivity contribution is 0.298. The number of fused-ring (bicyclic) bond motifs is 4. The number of hydrogen-bond donors (Lipinski definition) is 0. The van der Waals surface area contributed by atoms with Crippen LogP contribution in [0.4, 0.5) is 17.1 Å². The van der Waals surface area contributed by atoms with Gasteiger partial charge in [-0.2, -0.15) is 0 Å². The second-order valence-electron chi connectivity index (χ2n) is 18.5. The molecular formula is C65H53N. The zero-order chi connectivity index (χ0) is 43.9. The van der Waals surface area contributed by atoms with E-state index >= 15 is 0 Å². The molecule has 4 unspecified atom stereocenters. The van der Waals surface area contributed by atoms with Crippen molar-refractivity contribution in [1.82, 2.24) is 0 Å². The minimum atomic E-state index is -0.195. The van der Waals surface area contributed by atoms with Gasteiger partial charge >= 0.3 is 0 Å². The Hall–Kier alpha value is -7.48. The topological polar surface area (TPSA) is 3.24 Å². The summed E-state index contributed by atoms with van der Waals surface area (Å²) < 4.78 is 0. The maximum atomic E-state index is 2.57. The standard InChI is InChI=1S/C65H53N/c1-5-17-46(18-6-1)48-29-31-52(32-30-48)64-58-26-14-13-21-50(58)37-43-59(64)51-35-40-56(41-36-51)66(55-38-33-49(34-39-55)47-19-7-2-8-20-47)57-42-44-61-60-27-15-16-28-62(60)65(63(61)45-57,53-22-9-3-10-23-53)54-24-11-4-12-25-54/h1-3,5-11,13-22,24-29,31,33-45,53,60,62H,4,12,23,30,32H2. The van der Waals surface area contributed by atoms with Gasteiger partial charge in [-0.15, -0.1) is 0 Å². The largest absolute Gasteiger partial charge is 0.310 e. The van der Waals surface area contributed by atoms with Gasteiger partial charge in [0, 0.05) is 34.3 Å². The van der Waals surface area contributed by atoms with Gasteiger partial charge in [0.2, 0.25) is 0 Å². The normalized spacial score (nSPS) is 21.5. The van der Waals surface area contributed by atoms with Crippen molar-refractivity contribution in [2.75, 3.05) is 4.90 Å². The predicted octanol–water partition coefficient (Wildman–Crippen LogP) is 17.4. The van der Waals surface area contributed by atoms with E-state index in [0.717, 1.165) is 43.5 Å². The van der Waals surface area contributed by atoms with Crippen LogP contribution in [0.5, 0.6) is 0 Å². The molecule has 7 aromatic carbocycles. The minimum absolute atomic E-state index is 0.195. The van der Waals surface area contributed by atoms with Crippen molar-refractivity contribution in [3.8, 4) is 22.3 Å². The van der Waals surface area contributed by atoms with Crippen LogP contribution in [-0.4, -0.2) is 0 Å². The monoisotopic (exact) mass is 847 g/mol. The highest BCUT2D eigenvalue weighted by atomic mass is 15.1. The second kappa shape index (κ2) is 17.1. The molecule has 4 atom stereocenters. The van der Waals surface area contributed by atoms with Gasteiger partial charge < -0.3 is 4.90 Å². The highest BCUT2D eigenvalue weighted by Gasteiger charge is 2.55. The van der Waals surface area contributed by atoms with Crippen molar-refractivity contribution in [2.45, 2.75) is 43.4 Å². The molecule has 7 aromatic rings. The molecule has 0 radical (unpaired) electrons. The van der Waals surface area contributed by atoms with E-state index in [0.29, 0.717) is 17.8 Å². The van der Waals surface area contributed by atoms with E-state index in [1.54, 1.807) is 0 Å². The van der Waals surface area contributed by atoms with Gasteiger partial charge in [-0.1, -0.05) is 206 Å². The van der Waals surface area contributed by atoms with Crippen LogP contribution in [0.2, 0.25) is 0 Å². The summed E-state index contributed by atoms with van der Waals surface area (Å²) in [5.74, 6) is 0.991. The second-order valence-corrected chi connectivity index (χ2v) is 18.5. The maximum absolute atomic E-state index is 2.57. The number of nitrogens with zero attached hydrogens (tertiary/aromatic N) is 1. The Kier molecular flexibility index (Phi) is 10.4. The third-order valence-electron chi connectivity index (χ3n) is 15.0. The number of hydrogen-bond acceptors (Lipinski definition) is 1. The first kappa shape index (κ1) is 40.1. The predicted molar refractivity (Wildman–Crippen MR) is 280 cm³/mol. The first-order chi connectivity index (χ1) is 32.7. The van der Waals surface area contributed by atoms with E-state index in [4.69, 9.17) is 0 Å². The summed E-state index contributed by atoms with van der Waals surface area (Å²) >= 11 is 0. The van der Waals surface area contributed by atoms with Crippen molar-refractivity contribution in [1.29, 1.82) is 0 Å². The molecule has 0 bridgehead atoms. The van der Waals surface area contributed by atoms with Gasteiger partial charge in [-0.3, -0.25) is 0 Å². The molecule has 0 saturated carbocycles. The van der Waals surface area contributed by atoms with Gasteiger partial charge in [0.15, 0.2) is 0 Å². The van der Waals surface area contributed by atoms with Gasteiger partial charge in [0.05, 0.1) is 0 Å². The highest BCUT2D eigenvalue weighted by molar-refractivity contribution is 6.02. The highest BCUT2D eigenvalue weighted by Crippen LogP contribution is 2.62. The van der Waals surface area contributed by atoms with Crippen LogP contribution in [0, 0.1) is 11.8 Å². The quantitative estimate of drug-likeness (QED) is 0.140. The van der Waals surface area contributed by atoms with Crippen LogP contribution in [0.3, 0.4) is 0 Å². The van der Waals surface area contributed by atoms with E-state index in [2.05, 4.69) is 248 Å². The molecule has 0 saturated heterocycles. The first-order valence-corrected chi connectivity index (χ1v) is 24.0. The molecule has 0 spiro atoms. The zero-order valence-corrected chi connectivity index (χ0v) is 37.3. The molecule has 318 valence electrons. The van der Waals surface area contributed by atoms with E-state index in [1.807, 2.05) is 0 Å². The van der Waals surface area contributed by atoms with E-state index in [-0.39, 0.29) is 5.41 Å². The molecule has 5 aliphatic rings. The summed E-state index contributed by atoms with van der Waals surface area (Å²) in [6.07, 6.45) is 36.3. The fraction of sp³-hybridized carbons (Fsp3) is 0.138. The van der Waals surface area contributed by atoms with Crippen LogP contribution in [-0.2, 0) is 5.41 Å². The van der Waals surface area contributed by atoms with Crippen LogP contribution in [0.15, 0.2) is 248 Å². The molecule has 1 nitrogen and oxygen atoms in total. The number of allylic oxidation sites excluding steroid dienone is 16. The van der Waals surface area contributed by atoms with Crippen molar-refractivity contribution in [2.24, 2.45) is 11.8 Å². The minimum Gasteiger partial charge on any atom is -0.310 e. The summed E-state index contributed by atoms with van der Waals surface area (Å²) in [6, 6.07) is 61.0. The van der Waals surface area contributed by atoms with Gasteiger partial charge in [0.1, 0.15) is 0 Å². The van der Waals surface area contributed by atoms with Crippen LogP contribution in [0.1, 0.15) is 60.3 Å². The lowest BCUT2D eigenvalue weighted by Gasteiger charge is -2.45. The Morgan fingerprint density at radius 2 is 1.17 bits per heavy atom. The van der Waals surface area contributed by atoms with Crippen LogP contribution < -0.4 is 4.90 Å². The summed E-state index contributed by atoms with van der Waals surface area (Å²) in [4.78, 5) is 2.49. The average molecular weight is 848 g/mol. The fourth-order valence-corrected chi connectivity index (χ4v) is 12.0. The third-order valence-corrected chi connectivity index (χ3v) is 15.0. The van der Waals surface area contributed by atoms with Crippen LogP contribution in [0.25, 0.3) is 44.2 Å². The SMILES string of the molecule is C1=CCC(C2(C3=CCCC=C3)c3cc(N(c4ccc(-c5ccccc5)cc4)c4ccc(-c5ccc6ccccc6c5C5=CC=C(c6ccccc6)CC5)cc4)ccc3C3C=CC=CC32)C=C1. The van der Waals surface area contributed by atoms with E-state index in [1.165, 1.54) is 77.7 Å². The maximum Gasteiger partial charge on any atom is 0.0464 e. The lowest BCUT2D eigenvalue weighted by Crippen LogP contribution is -2.41.